The molecule has 65 valence electrons. The van der Waals surface area contributed by atoms with Crippen molar-refractivity contribution in [3.63, 3.8) is 0 Å². The molecule has 2 heteroatoms. The number of hydrogen-bond acceptors (Lipinski definition) is 2. The molecule has 1 atom stereocenters. The summed E-state index contributed by atoms with van der Waals surface area (Å²) in [5.74, 6) is -0.0857. The number of esters is 1. The van der Waals surface area contributed by atoms with Crippen molar-refractivity contribution in [2.45, 2.75) is 46.1 Å². The lowest BCUT2D eigenvalue weighted by atomic mass is 10.2. The van der Waals surface area contributed by atoms with Gasteiger partial charge in [0.25, 0.3) is 0 Å². The van der Waals surface area contributed by atoms with Crippen LogP contribution in [0.1, 0.15) is 40.0 Å². The molecule has 0 aliphatic heterocycles. The predicted molar refractivity (Wildman–Crippen MR) is 45.1 cm³/mol. The summed E-state index contributed by atoms with van der Waals surface area (Å²) in [6.45, 7) is 5.81. The standard InChI is InChI=1S/C9H17O2/c1-4-6-7-9(10)11-8(3)5-2/h5,8H,4,6-7H2,1-3H3. The maximum Gasteiger partial charge on any atom is 0.306 e. The van der Waals surface area contributed by atoms with Gasteiger partial charge in [-0.05, 0) is 19.8 Å². The molecule has 0 fully saturated rings. The molecule has 0 amide bonds. The highest BCUT2D eigenvalue weighted by molar-refractivity contribution is 5.69. The Labute approximate surface area is 68.9 Å². The summed E-state index contributed by atoms with van der Waals surface area (Å²) in [4.78, 5) is 10.9. The average Bonchev–Trinajstić information content (AvgIpc) is 2.00. The lowest BCUT2D eigenvalue weighted by molar-refractivity contribution is -0.146. The highest BCUT2D eigenvalue weighted by Crippen LogP contribution is 2.01. The second kappa shape index (κ2) is 6.20. The number of carbonyl (C=O) groups is 1. The van der Waals surface area contributed by atoms with Gasteiger partial charge in [-0.3, -0.25) is 4.79 Å². The monoisotopic (exact) mass is 157 g/mol. The third kappa shape index (κ3) is 5.89. The molecule has 11 heavy (non-hydrogen) atoms. The molecule has 0 bridgehead atoms. The van der Waals surface area contributed by atoms with E-state index in [2.05, 4.69) is 6.92 Å². The summed E-state index contributed by atoms with van der Waals surface area (Å²) in [6.07, 6.45) is 4.34. The Bertz CT molecular complexity index is 110. The molecule has 1 unspecified atom stereocenters. The molecule has 1 radical (unpaired) electrons. The van der Waals surface area contributed by atoms with Gasteiger partial charge >= 0.3 is 5.97 Å². The fourth-order valence-electron chi connectivity index (χ4n) is 0.655. The Morgan fingerprint density at radius 3 is 2.73 bits per heavy atom. The molecule has 0 aromatic carbocycles. The minimum Gasteiger partial charge on any atom is -0.462 e. The zero-order valence-electron chi connectivity index (χ0n) is 7.59. The van der Waals surface area contributed by atoms with Crippen LogP contribution in [0.3, 0.4) is 0 Å². The summed E-state index contributed by atoms with van der Waals surface area (Å²) < 4.78 is 5.01. The number of hydrogen-bond donors (Lipinski definition) is 0. The van der Waals surface area contributed by atoms with Gasteiger partial charge < -0.3 is 4.74 Å². The Balaban J connectivity index is 3.36. The van der Waals surface area contributed by atoms with E-state index >= 15 is 0 Å². The van der Waals surface area contributed by atoms with Crippen molar-refractivity contribution in [3.8, 4) is 0 Å². The Hall–Kier alpha value is -0.530. The molecular weight excluding hydrogens is 140 g/mol. The average molecular weight is 157 g/mol. The van der Waals surface area contributed by atoms with E-state index in [9.17, 15) is 4.79 Å². The van der Waals surface area contributed by atoms with Crippen LogP contribution in [0.15, 0.2) is 0 Å². The van der Waals surface area contributed by atoms with Gasteiger partial charge in [0.1, 0.15) is 6.10 Å². The van der Waals surface area contributed by atoms with Crippen LogP contribution >= 0.6 is 0 Å². The van der Waals surface area contributed by atoms with Crippen molar-refractivity contribution in [1.29, 1.82) is 0 Å². The van der Waals surface area contributed by atoms with Crippen LogP contribution in [0, 0.1) is 6.42 Å². The van der Waals surface area contributed by atoms with Gasteiger partial charge in [0, 0.05) is 6.42 Å². The molecule has 0 aromatic rings. The first-order valence-corrected chi connectivity index (χ1v) is 4.19. The minimum absolute atomic E-state index is 0.0423. The van der Waals surface area contributed by atoms with E-state index in [1.54, 1.807) is 0 Å². The Morgan fingerprint density at radius 2 is 2.27 bits per heavy atom. The van der Waals surface area contributed by atoms with E-state index in [1.807, 2.05) is 20.3 Å². The normalized spacial score (nSPS) is 12.6. The number of carbonyl (C=O) groups excluding carboxylic acids is 1. The first kappa shape index (κ1) is 10.5. The number of unbranched alkanes of at least 4 members (excludes halogenated alkanes) is 1. The van der Waals surface area contributed by atoms with Gasteiger partial charge in [-0.15, -0.1) is 0 Å². The molecule has 0 aliphatic rings. The van der Waals surface area contributed by atoms with Crippen molar-refractivity contribution in [1.82, 2.24) is 0 Å². The van der Waals surface area contributed by atoms with Crippen LogP contribution in [0.4, 0.5) is 0 Å². The molecule has 0 heterocycles. The van der Waals surface area contributed by atoms with Crippen LogP contribution in [-0.4, -0.2) is 12.1 Å². The van der Waals surface area contributed by atoms with E-state index in [4.69, 9.17) is 4.74 Å². The maximum atomic E-state index is 10.9. The summed E-state index contributed by atoms with van der Waals surface area (Å²) in [6, 6.07) is 0. The lowest BCUT2D eigenvalue weighted by Gasteiger charge is -2.09. The van der Waals surface area contributed by atoms with Crippen LogP contribution in [0.25, 0.3) is 0 Å². The third-order valence-corrected chi connectivity index (χ3v) is 1.52. The van der Waals surface area contributed by atoms with Crippen LogP contribution in [-0.2, 0) is 9.53 Å². The van der Waals surface area contributed by atoms with Crippen molar-refractivity contribution in [3.05, 3.63) is 6.42 Å². The smallest absolute Gasteiger partial charge is 0.306 e. The first-order chi connectivity index (χ1) is 5.20. The van der Waals surface area contributed by atoms with E-state index in [-0.39, 0.29) is 12.1 Å². The van der Waals surface area contributed by atoms with E-state index < -0.39 is 0 Å². The van der Waals surface area contributed by atoms with Gasteiger partial charge in [0.05, 0.1) is 0 Å². The van der Waals surface area contributed by atoms with Gasteiger partial charge in [-0.1, -0.05) is 20.3 Å². The second-order valence-electron chi connectivity index (χ2n) is 2.63. The van der Waals surface area contributed by atoms with E-state index in [0.717, 1.165) is 12.8 Å². The molecule has 0 N–H and O–H groups in total. The summed E-state index contributed by atoms with van der Waals surface area (Å²) in [7, 11) is 0. The second-order valence-corrected chi connectivity index (χ2v) is 2.63. The third-order valence-electron chi connectivity index (χ3n) is 1.52. The molecule has 0 aliphatic carbocycles. The van der Waals surface area contributed by atoms with Crippen LogP contribution in [0.5, 0.6) is 0 Å². The predicted octanol–water partition coefficient (Wildman–Crippen LogP) is 2.33. The van der Waals surface area contributed by atoms with Crippen LogP contribution < -0.4 is 0 Å². The zero-order valence-corrected chi connectivity index (χ0v) is 7.59. The SMILES string of the molecule is C[CH]C(C)OC(=O)CCCC. The Morgan fingerprint density at radius 1 is 1.64 bits per heavy atom. The highest BCUT2D eigenvalue weighted by Gasteiger charge is 2.05. The van der Waals surface area contributed by atoms with Crippen molar-refractivity contribution in [2.75, 3.05) is 0 Å². The van der Waals surface area contributed by atoms with E-state index in [1.165, 1.54) is 0 Å². The molecule has 0 spiro atoms. The van der Waals surface area contributed by atoms with Gasteiger partial charge in [0.2, 0.25) is 0 Å². The Kier molecular flexibility index (Phi) is 5.90. The fourth-order valence-corrected chi connectivity index (χ4v) is 0.655. The molecule has 0 aromatic heterocycles. The van der Waals surface area contributed by atoms with E-state index in [0.29, 0.717) is 6.42 Å². The van der Waals surface area contributed by atoms with Gasteiger partial charge in [-0.2, -0.15) is 0 Å². The van der Waals surface area contributed by atoms with Crippen molar-refractivity contribution in [2.24, 2.45) is 0 Å². The summed E-state index contributed by atoms with van der Waals surface area (Å²) >= 11 is 0. The topological polar surface area (TPSA) is 26.3 Å². The molecule has 0 rings (SSSR count). The number of ether oxygens (including phenoxy) is 1. The quantitative estimate of drug-likeness (QED) is 0.572. The molecule has 2 nitrogen and oxygen atoms in total. The van der Waals surface area contributed by atoms with Crippen molar-refractivity contribution >= 4 is 5.97 Å². The molecule has 0 saturated carbocycles. The molecule has 0 saturated heterocycles. The number of rotatable bonds is 5. The largest absolute Gasteiger partial charge is 0.462 e. The van der Waals surface area contributed by atoms with Gasteiger partial charge in [-0.25, -0.2) is 0 Å². The summed E-state index contributed by atoms with van der Waals surface area (Å²) in [5, 5.41) is 0. The lowest BCUT2D eigenvalue weighted by Crippen LogP contribution is -2.13. The van der Waals surface area contributed by atoms with Crippen molar-refractivity contribution < 1.29 is 9.53 Å². The zero-order chi connectivity index (χ0) is 8.69. The molecular formula is C9H17O2. The minimum atomic E-state index is -0.0857. The highest BCUT2D eigenvalue weighted by atomic mass is 16.5. The summed E-state index contributed by atoms with van der Waals surface area (Å²) in [5.41, 5.74) is 0. The first-order valence-electron chi connectivity index (χ1n) is 4.19. The van der Waals surface area contributed by atoms with Gasteiger partial charge in [0.15, 0.2) is 0 Å². The maximum absolute atomic E-state index is 10.9. The fraction of sp³-hybridized carbons (Fsp3) is 0.778. The van der Waals surface area contributed by atoms with Crippen LogP contribution in [0.2, 0.25) is 0 Å².